The molecule has 0 spiro atoms. The maximum Gasteiger partial charge on any atom is 0.147 e. The first kappa shape index (κ1) is 12.2. The molecule has 1 atom stereocenters. The summed E-state index contributed by atoms with van der Waals surface area (Å²) in [5.41, 5.74) is 1.90. The summed E-state index contributed by atoms with van der Waals surface area (Å²) in [5.74, 6) is 0.0558. The number of Topliss-reactive ketones (excluding diaryl/α,β-unsaturated/α-hetero) is 1. The molecule has 0 bridgehead atoms. The van der Waals surface area contributed by atoms with Crippen molar-refractivity contribution in [3.8, 4) is 0 Å². The second-order valence-corrected chi connectivity index (χ2v) is 4.80. The molecule has 1 aromatic carbocycles. The number of carbonyl (C=O) groups excluding carboxylic acids is 1. The van der Waals surface area contributed by atoms with Crippen molar-refractivity contribution in [1.29, 1.82) is 0 Å². The molecule has 0 aliphatic heterocycles. The summed E-state index contributed by atoms with van der Waals surface area (Å²) in [6.07, 6.45) is 0. The maximum absolute atomic E-state index is 11.2. The largest absolute Gasteiger partial charge is 0.298 e. The Hall–Kier alpha value is 0.140. The molecule has 76 valence electrons. The van der Waals surface area contributed by atoms with Crippen molar-refractivity contribution in [3.05, 3.63) is 34.3 Å². The van der Waals surface area contributed by atoms with Crippen LogP contribution in [0.2, 0.25) is 5.02 Å². The van der Waals surface area contributed by atoms with E-state index < -0.39 is 0 Å². The lowest BCUT2D eigenvalue weighted by Gasteiger charge is -2.12. The standard InChI is InChI=1S/C10H9Br2ClO/c1-6(14)10(12)9-7(5-11)3-2-4-8(9)13/h2-4,10H,5H2,1H3. The predicted molar refractivity (Wildman–Crippen MR) is 66.4 cm³/mol. The van der Waals surface area contributed by atoms with E-state index in [1.54, 1.807) is 13.0 Å². The molecule has 0 aliphatic carbocycles. The SMILES string of the molecule is CC(=O)C(Br)c1c(Cl)cccc1CBr. The van der Waals surface area contributed by atoms with E-state index >= 15 is 0 Å². The zero-order valence-corrected chi connectivity index (χ0v) is 11.5. The van der Waals surface area contributed by atoms with E-state index in [0.717, 1.165) is 11.1 Å². The summed E-state index contributed by atoms with van der Waals surface area (Å²) in [5, 5.41) is 1.32. The Labute approximate surface area is 105 Å². The van der Waals surface area contributed by atoms with Crippen molar-refractivity contribution in [2.45, 2.75) is 17.1 Å². The molecule has 1 aromatic rings. The third-order valence-electron chi connectivity index (χ3n) is 1.90. The normalized spacial score (nSPS) is 12.6. The molecular formula is C10H9Br2ClO. The van der Waals surface area contributed by atoms with E-state index in [1.807, 2.05) is 12.1 Å². The van der Waals surface area contributed by atoms with Gasteiger partial charge in [0.25, 0.3) is 0 Å². The summed E-state index contributed by atoms with van der Waals surface area (Å²) in [6.45, 7) is 1.54. The average Bonchev–Trinajstić information content (AvgIpc) is 2.16. The molecule has 1 rings (SSSR count). The van der Waals surface area contributed by atoms with Gasteiger partial charge in [0.1, 0.15) is 5.78 Å². The number of ketones is 1. The summed E-state index contributed by atoms with van der Waals surface area (Å²) in [7, 11) is 0. The van der Waals surface area contributed by atoms with Crippen molar-refractivity contribution in [2.75, 3.05) is 0 Å². The average molecular weight is 340 g/mol. The lowest BCUT2D eigenvalue weighted by atomic mass is 10.0. The summed E-state index contributed by atoms with van der Waals surface area (Å²) in [6, 6.07) is 5.62. The first-order valence-electron chi connectivity index (χ1n) is 4.05. The molecule has 0 N–H and O–H groups in total. The van der Waals surface area contributed by atoms with Gasteiger partial charge in [0.15, 0.2) is 0 Å². The van der Waals surface area contributed by atoms with E-state index in [4.69, 9.17) is 11.6 Å². The molecule has 0 aliphatic rings. The highest BCUT2D eigenvalue weighted by Gasteiger charge is 2.18. The molecule has 1 unspecified atom stereocenters. The number of halogens is 3. The highest BCUT2D eigenvalue weighted by molar-refractivity contribution is 9.09. The number of alkyl halides is 2. The van der Waals surface area contributed by atoms with Crippen LogP contribution >= 0.6 is 43.5 Å². The Morgan fingerprint density at radius 1 is 1.57 bits per heavy atom. The first-order chi connectivity index (χ1) is 6.57. The van der Waals surface area contributed by atoms with Gasteiger partial charge in [0.05, 0.1) is 4.83 Å². The van der Waals surface area contributed by atoms with Crippen molar-refractivity contribution in [1.82, 2.24) is 0 Å². The Morgan fingerprint density at radius 3 is 2.71 bits per heavy atom. The van der Waals surface area contributed by atoms with Crippen LogP contribution in [0, 0.1) is 0 Å². The Morgan fingerprint density at radius 2 is 2.21 bits per heavy atom. The fraction of sp³-hybridized carbons (Fsp3) is 0.300. The highest BCUT2D eigenvalue weighted by Crippen LogP contribution is 2.33. The quantitative estimate of drug-likeness (QED) is 0.752. The molecule has 0 radical (unpaired) electrons. The lowest BCUT2D eigenvalue weighted by molar-refractivity contribution is -0.116. The number of hydrogen-bond acceptors (Lipinski definition) is 1. The molecule has 1 nitrogen and oxygen atoms in total. The minimum absolute atomic E-state index is 0.0558. The first-order valence-corrected chi connectivity index (χ1v) is 6.47. The van der Waals surface area contributed by atoms with Gasteiger partial charge in [-0.25, -0.2) is 0 Å². The molecule has 4 heteroatoms. The molecule has 0 fully saturated rings. The Kier molecular flexibility index (Phi) is 4.61. The fourth-order valence-corrected chi connectivity index (χ4v) is 2.65. The minimum atomic E-state index is -0.316. The van der Waals surface area contributed by atoms with Crippen LogP contribution in [0.1, 0.15) is 22.9 Å². The number of benzene rings is 1. The van der Waals surface area contributed by atoms with Gasteiger partial charge in [-0.1, -0.05) is 55.6 Å². The minimum Gasteiger partial charge on any atom is -0.298 e. The van der Waals surface area contributed by atoms with Crippen molar-refractivity contribution in [3.63, 3.8) is 0 Å². The van der Waals surface area contributed by atoms with E-state index in [1.165, 1.54) is 0 Å². The fourth-order valence-electron chi connectivity index (χ4n) is 1.19. The van der Waals surface area contributed by atoms with Crippen LogP contribution in [0.5, 0.6) is 0 Å². The zero-order chi connectivity index (χ0) is 10.7. The maximum atomic E-state index is 11.2. The van der Waals surface area contributed by atoms with Crippen LogP contribution in [-0.4, -0.2) is 5.78 Å². The monoisotopic (exact) mass is 338 g/mol. The number of rotatable bonds is 3. The van der Waals surface area contributed by atoms with Gasteiger partial charge in [-0.05, 0) is 24.1 Å². The van der Waals surface area contributed by atoms with E-state index in [0.29, 0.717) is 10.4 Å². The van der Waals surface area contributed by atoms with Crippen LogP contribution in [-0.2, 0) is 10.1 Å². The van der Waals surface area contributed by atoms with Gasteiger partial charge in [-0.3, -0.25) is 4.79 Å². The molecule has 0 saturated carbocycles. The second-order valence-electron chi connectivity index (χ2n) is 2.92. The van der Waals surface area contributed by atoms with Gasteiger partial charge < -0.3 is 0 Å². The Balaban J connectivity index is 3.23. The molecule has 0 aromatic heterocycles. The molecule has 14 heavy (non-hydrogen) atoms. The topological polar surface area (TPSA) is 17.1 Å². The van der Waals surface area contributed by atoms with Crippen LogP contribution in [0.15, 0.2) is 18.2 Å². The van der Waals surface area contributed by atoms with Gasteiger partial charge in [0, 0.05) is 10.4 Å². The third kappa shape index (κ3) is 2.59. The summed E-state index contributed by atoms with van der Waals surface area (Å²) >= 11 is 12.8. The van der Waals surface area contributed by atoms with E-state index in [2.05, 4.69) is 31.9 Å². The number of carbonyl (C=O) groups is 1. The van der Waals surface area contributed by atoms with Crippen molar-refractivity contribution in [2.24, 2.45) is 0 Å². The lowest BCUT2D eigenvalue weighted by Crippen LogP contribution is -2.04. The molecule has 0 heterocycles. The van der Waals surface area contributed by atoms with Crippen LogP contribution in [0.25, 0.3) is 0 Å². The van der Waals surface area contributed by atoms with Crippen molar-refractivity contribution >= 4 is 49.2 Å². The summed E-state index contributed by atoms with van der Waals surface area (Å²) in [4.78, 5) is 10.9. The molecular weight excluding hydrogens is 331 g/mol. The smallest absolute Gasteiger partial charge is 0.147 e. The molecule has 0 amide bonds. The number of hydrogen-bond donors (Lipinski definition) is 0. The highest BCUT2D eigenvalue weighted by atomic mass is 79.9. The van der Waals surface area contributed by atoms with E-state index in [9.17, 15) is 4.79 Å². The molecule has 0 saturated heterocycles. The van der Waals surface area contributed by atoms with Gasteiger partial charge in [-0.15, -0.1) is 0 Å². The van der Waals surface area contributed by atoms with Crippen molar-refractivity contribution < 1.29 is 4.79 Å². The summed E-state index contributed by atoms with van der Waals surface area (Å²) < 4.78 is 0. The van der Waals surface area contributed by atoms with E-state index in [-0.39, 0.29) is 10.6 Å². The Bertz CT molecular complexity index is 352. The van der Waals surface area contributed by atoms with Crippen LogP contribution in [0.4, 0.5) is 0 Å². The van der Waals surface area contributed by atoms with Crippen LogP contribution in [0.3, 0.4) is 0 Å². The van der Waals surface area contributed by atoms with Gasteiger partial charge in [0.2, 0.25) is 0 Å². The van der Waals surface area contributed by atoms with Gasteiger partial charge in [-0.2, -0.15) is 0 Å². The zero-order valence-electron chi connectivity index (χ0n) is 7.56. The van der Waals surface area contributed by atoms with Crippen LogP contribution < -0.4 is 0 Å². The third-order valence-corrected chi connectivity index (χ3v) is 3.93. The second kappa shape index (κ2) is 5.29. The predicted octanol–water partition coefficient (Wildman–Crippen LogP) is 4.26. The van der Waals surface area contributed by atoms with Gasteiger partial charge >= 0.3 is 0 Å².